The number of pyridine rings is 1. The van der Waals surface area contributed by atoms with E-state index in [2.05, 4.69) is 20.3 Å². The fourth-order valence-corrected chi connectivity index (χ4v) is 3.85. The highest BCUT2D eigenvalue weighted by atomic mass is 32.1. The predicted molar refractivity (Wildman–Crippen MR) is 98.0 cm³/mol. The van der Waals surface area contributed by atoms with Gasteiger partial charge in [0.15, 0.2) is 0 Å². The van der Waals surface area contributed by atoms with E-state index in [1.165, 1.54) is 11.3 Å². The minimum atomic E-state index is -0.183. The zero-order valence-corrected chi connectivity index (χ0v) is 14.6. The highest BCUT2D eigenvalue weighted by Crippen LogP contribution is 2.27. The predicted octanol–water partition coefficient (Wildman–Crippen LogP) is 3.38. The first-order valence-corrected chi connectivity index (χ1v) is 9.26. The molecule has 0 aliphatic heterocycles. The Labute approximate surface area is 151 Å². The van der Waals surface area contributed by atoms with E-state index in [0.29, 0.717) is 12.2 Å². The zero-order valence-electron chi connectivity index (χ0n) is 13.0. The van der Waals surface area contributed by atoms with Gasteiger partial charge in [-0.05, 0) is 23.1 Å². The maximum absolute atomic E-state index is 12.3. The summed E-state index contributed by atoms with van der Waals surface area (Å²) in [4.78, 5) is 26.1. The zero-order chi connectivity index (χ0) is 17.1. The normalized spacial score (nSPS) is 10.7. The van der Waals surface area contributed by atoms with Gasteiger partial charge in [0.2, 0.25) is 0 Å². The molecule has 4 aromatic rings. The van der Waals surface area contributed by atoms with E-state index in [1.54, 1.807) is 35.4 Å². The van der Waals surface area contributed by atoms with Gasteiger partial charge in [0.1, 0.15) is 22.8 Å². The molecule has 4 heterocycles. The minimum absolute atomic E-state index is 0.183. The Morgan fingerprint density at radius 2 is 2.20 bits per heavy atom. The topological polar surface area (TPSA) is 72.7 Å². The number of hydrogen-bond acceptors (Lipinski definition) is 6. The number of imidazole rings is 1. The maximum Gasteiger partial charge on any atom is 0.271 e. The molecule has 0 spiro atoms. The molecule has 1 N–H and O–H groups in total. The third-order valence-corrected chi connectivity index (χ3v) is 5.38. The van der Waals surface area contributed by atoms with E-state index in [-0.39, 0.29) is 5.91 Å². The van der Waals surface area contributed by atoms with Crippen LogP contribution in [0, 0.1) is 0 Å². The Bertz CT molecular complexity index is 959. The lowest BCUT2D eigenvalue weighted by Gasteiger charge is -2.05. The first-order valence-electron chi connectivity index (χ1n) is 7.50. The van der Waals surface area contributed by atoms with Gasteiger partial charge in [-0.3, -0.25) is 9.36 Å². The number of amides is 1. The molecule has 0 atom stereocenters. The molecular formula is C17H13N5OS2. The molecule has 0 aliphatic carbocycles. The number of thiazole rings is 1. The smallest absolute Gasteiger partial charge is 0.271 e. The van der Waals surface area contributed by atoms with Gasteiger partial charge < -0.3 is 5.32 Å². The van der Waals surface area contributed by atoms with Crippen LogP contribution in [0.2, 0.25) is 0 Å². The van der Waals surface area contributed by atoms with E-state index in [9.17, 15) is 4.79 Å². The summed E-state index contributed by atoms with van der Waals surface area (Å²) in [7, 11) is 0. The van der Waals surface area contributed by atoms with E-state index < -0.39 is 0 Å². The molecule has 0 unspecified atom stereocenters. The third kappa shape index (κ3) is 3.49. The number of carbonyl (C=O) groups excluding carboxylic acids is 1. The second-order valence-corrected chi connectivity index (χ2v) is 7.00. The van der Waals surface area contributed by atoms with Gasteiger partial charge in [-0.15, -0.1) is 22.7 Å². The van der Waals surface area contributed by atoms with Gasteiger partial charge in [0, 0.05) is 30.5 Å². The standard InChI is InChI=1S/C17H13N5OS2/c23-16(13-10-25-17(21-13)14-2-1-7-24-14)20-9-12-3-4-15(19-8-12)22-6-5-18-11-22/h1-8,10-11H,9H2,(H,20,23). The molecule has 0 saturated carbocycles. The average Bonchev–Trinajstić information content (AvgIpc) is 3.42. The Morgan fingerprint density at radius 3 is 2.92 bits per heavy atom. The van der Waals surface area contributed by atoms with Crippen LogP contribution in [0.15, 0.2) is 59.9 Å². The van der Waals surface area contributed by atoms with Crippen molar-refractivity contribution in [3.63, 3.8) is 0 Å². The Morgan fingerprint density at radius 1 is 1.24 bits per heavy atom. The van der Waals surface area contributed by atoms with Gasteiger partial charge in [-0.25, -0.2) is 15.0 Å². The van der Waals surface area contributed by atoms with E-state index in [1.807, 2.05) is 40.4 Å². The molecule has 0 aromatic carbocycles. The number of nitrogens with one attached hydrogen (secondary N) is 1. The summed E-state index contributed by atoms with van der Waals surface area (Å²) in [5.74, 6) is 0.602. The van der Waals surface area contributed by atoms with Crippen LogP contribution in [-0.4, -0.2) is 25.4 Å². The van der Waals surface area contributed by atoms with Crippen LogP contribution < -0.4 is 5.32 Å². The summed E-state index contributed by atoms with van der Waals surface area (Å²) in [5.41, 5.74) is 1.36. The lowest BCUT2D eigenvalue weighted by molar-refractivity contribution is 0.0946. The molecule has 4 rings (SSSR count). The molecule has 0 saturated heterocycles. The highest BCUT2D eigenvalue weighted by molar-refractivity contribution is 7.20. The molecule has 0 bridgehead atoms. The van der Waals surface area contributed by atoms with Crippen molar-refractivity contribution in [3.8, 4) is 15.7 Å². The molecule has 6 nitrogen and oxygen atoms in total. The first-order chi connectivity index (χ1) is 12.3. The summed E-state index contributed by atoms with van der Waals surface area (Å²) in [6.45, 7) is 0.405. The monoisotopic (exact) mass is 367 g/mol. The summed E-state index contributed by atoms with van der Waals surface area (Å²) in [6, 6.07) is 7.79. The van der Waals surface area contributed by atoms with E-state index in [4.69, 9.17) is 0 Å². The Kier molecular flexibility index (Phi) is 4.36. The van der Waals surface area contributed by atoms with Gasteiger partial charge >= 0.3 is 0 Å². The summed E-state index contributed by atoms with van der Waals surface area (Å²) < 4.78 is 1.82. The molecule has 4 aromatic heterocycles. The average molecular weight is 367 g/mol. The Balaban J connectivity index is 1.39. The van der Waals surface area contributed by atoms with Crippen LogP contribution in [0.25, 0.3) is 15.7 Å². The van der Waals surface area contributed by atoms with Crippen LogP contribution in [0.3, 0.4) is 0 Å². The van der Waals surface area contributed by atoms with Crippen molar-refractivity contribution in [2.24, 2.45) is 0 Å². The van der Waals surface area contributed by atoms with Crippen LogP contribution in [0.4, 0.5) is 0 Å². The quantitative estimate of drug-likeness (QED) is 0.587. The van der Waals surface area contributed by atoms with Gasteiger partial charge in [0.25, 0.3) is 5.91 Å². The molecule has 0 fully saturated rings. The van der Waals surface area contributed by atoms with Crippen molar-refractivity contribution in [2.75, 3.05) is 0 Å². The highest BCUT2D eigenvalue weighted by Gasteiger charge is 2.12. The van der Waals surface area contributed by atoms with Crippen molar-refractivity contribution in [2.45, 2.75) is 6.54 Å². The first kappa shape index (κ1) is 15.7. The van der Waals surface area contributed by atoms with Crippen molar-refractivity contribution in [3.05, 3.63) is 71.2 Å². The van der Waals surface area contributed by atoms with Crippen LogP contribution in [0.5, 0.6) is 0 Å². The number of aromatic nitrogens is 4. The van der Waals surface area contributed by atoms with Crippen LogP contribution in [0.1, 0.15) is 16.1 Å². The van der Waals surface area contributed by atoms with Gasteiger partial charge in [0.05, 0.1) is 4.88 Å². The number of hydrogen-bond donors (Lipinski definition) is 1. The van der Waals surface area contributed by atoms with Crippen molar-refractivity contribution in [1.29, 1.82) is 0 Å². The molecular weight excluding hydrogens is 354 g/mol. The van der Waals surface area contributed by atoms with Crippen molar-refractivity contribution in [1.82, 2.24) is 24.8 Å². The fourth-order valence-electron chi connectivity index (χ4n) is 2.23. The maximum atomic E-state index is 12.3. The van der Waals surface area contributed by atoms with E-state index in [0.717, 1.165) is 21.3 Å². The summed E-state index contributed by atoms with van der Waals surface area (Å²) in [6.07, 6.45) is 6.97. The van der Waals surface area contributed by atoms with Crippen LogP contribution in [-0.2, 0) is 6.54 Å². The van der Waals surface area contributed by atoms with Gasteiger partial charge in [-0.1, -0.05) is 12.1 Å². The van der Waals surface area contributed by atoms with Crippen molar-refractivity contribution < 1.29 is 4.79 Å². The molecule has 1 amide bonds. The molecule has 0 radical (unpaired) electrons. The third-order valence-electron chi connectivity index (χ3n) is 3.50. The lowest BCUT2D eigenvalue weighted by atomic mass is 10.2. The van der Waals surface area contributed by atoms with Gasteiger partial charge in [-0.2, -0.15) is 0 Å². The number of nitrogens with zero attached hydrogens (tertiary/aromatic N) is 4. The largest absolute Gasteiger partial charge is 0.347 e. The second-order valence-electron chi connectivity index (χ2n) is 5.19. The number of rotatable bonds is 5. The molecule has 124 valence electrons. The summed E-state index contributed by atoms with van der Waals surface area (Å²) >= 11 is 3.09. The molecule has 25 heavy (non-hydrogen) atoms. The fraction of sp³-hybridized carbons (Fsp3) is 0.0588. The molecule has 8 heteroatoms. The molecule has 0 aliphatic rings. The number of thiophene rings is 1. The Hall–Kier alpha value is -2.84. The SMILES string of the molecule is O=C(NCc1ccc(-n2ccnc2)nc1)c1csc(-c2cccs2)n1. The van der Waals surface area contributed by atoms with Crippen molar-refractivity contribution >= 4 is 28.6 Å². The number of carbonyl (C=O) groups is 1. The minimum Gasteiger partial charge on any atom is -0.347 e. The lowest BCUT2D eigenvalue weighted by Crippen LogP contribution is -2.23. The summed E-state index contributed by atoms with van der Waals surface area (Å²) in [5, 5.41) is 7.52. The van der Waals surface area contributed by atoms with E-state index >= 15 is 0 Å². The second kappa shape index (κ2) is 6.96. The van der Waals surface area contributed by atoms with Crippen LogP contribution >= 0.6 is 22.7 Å².